The van der Waals surface area contributed by atoms with Crippen LogP contribution in [0.2, 0.25) is 0 Å². The smallest absolute Gasteiger partial charge is 0.211 e. The van der Waals surface area contributed by atoms with Crippen LogP contribution in [0.3, 0.4) is 0 Å². The summed E-state index contributed by atoms with van der Waals surface area (Å²) in [4.78, 5) is 24.5. The molecular formula is C23H32O3S. The van der Waals surface area contributed by atoms with Gasteiger partial charge in [0.1, 0.15) is 0 Å². The van der Waals surface area contributed by atoms with E-state index in [1.807, 2.05) is 19.1 Å². The molecule has 4 heteroatoms. The minimum Gasteiger partial charge on any atom is -0.337 e. The Morgan fingerprint density at radius 2 is 1.56 bits per heavy atom. The molecule has 3 nitrogen and oxygen atoms in total. The number of hydrogen-bond acceptors (Lipinski definition) is 4. The standard InChI is InChI=1S/C23H32O3S/c1-3-4-5-6-7-8-9-10-11-12-15-27-23-21(25)18-14-13-17(2)16-19(18)20(24)22(23)26-23/h13-14,16,22H,3-12,15H2,1-2H3. The minimum atomic E-state index is -0.918. The van der Waals surface area contributed by atoms with Gasteiger partial charge in [-0.15, -0.1) is 11.8 Å². The van der Waals surface area contributed by atoms with Gasteiger partial charge in [0.2, 0.25) is 10.7 Å². The van der Waals surface area contributed by atoms with E-state index in [0.29, 0.717) is 11.1 Å². The second kappa shape index (κ2) is 9.38. The molecule has 2 atom stereocenters. The summed E-state index contributed by atoms with van der Waals surface area (Å²) in [5.41, 5.74) is 2.08. The number of rotatable bonds is 12. The maximum Gasteiger partial charge on any atom is 0.211 e. The predicted octanol–water partition coefficient (Wildman–Crippen LogP) is 6.12. The zero-order valence-corrected chi connectivity index (χ0v) is 17.5. The first-order chi connectivity index (χ1) is 13.1. The van der Waals surface area contributed by atoms with Crippen molar-refractivity contribution in [2.45, 2.75) is 89.1 Å². The Bertz CT molecular complexity index is 684. The van der Waals surface area contributed by atoms with Crippen molar-refractivity contribution >= 4 is 23.3 Å². The molecule has 0 amide bonds. The van der Waals surface area contributed by atoms with Gasteiger partial charge in [-0.2, -0.15) is 0 Å². The number of benzene rings is 1. The average Bonchev–Trinajstić information content (AvgIpc) is 3.40. The van der Waals surface area contributed by atoms with Gasteiger partial charge in [-0.3, -0.25) is 9.59 Å². The first-order valence-electron chi connectivity index (χ1n) is 10.6. The van der Waals surface area contributed by atoms with Crippen LogP contribution < -0.4 is 0 Å². The first-order valence-corrected chi connectivity index (χ1v) is 11.6. The van der Waals surface area contributed by atoms with E-state index < -0.39 is 11.0 Å². The topological polar surface area (TPSA) is 46.7 Å². The van der Waals surface area contributed by atoms with Gasteiger partial charge in [-0.1, -0.05) is 82.4 Å². The van der Waals surface area contributed by atoms with Crippen molar-refractivity contribution in [3.8, 4) is 0 Å². The molecule has 1 saturated heterocycles. The third kappa shape index (κ3) is 4.65. The quantitative estimate of drug-likeness (QED) is 0.319. The lowest BCUT2D eigenvalue weighted by Gasteiger charge is -2.18. The Morgan fingerprint density at radius 3 is 2.22 bits per heavy atom. The van der Waals surface area contributed by atoms with E-state index in [4.69, 9.17) is 4.74 Å². The van der Waals surface area contributed by atoms with Crippen LogP contribution in [0.4, 0.5) is 0 Å². The van der Waals surface area contributed by atoms with E-state index in [0.717, 1.165) is 17.7 Å². The molecule has 0 N–H and O–H groups in total. The highest BCUT2D eigenvalue weighted by molar-refractivity contribution is 8.01. The molecule has 1 fully saturated rings. The Labute approximate surface area is 167 Å². The Balaban J connectivity index is 1.36. The Kier molecular flexibility index (Phi) is 7.16. The number of carbonyl (C=O) groups excluding carboxylic acids is 2. The van der Waals surface area contributed by atoms with Crippen molar-refractivity contribution in [3.63, 3.8) is 0 Å². The zero-order chi connectivity index (χ0) is 19.3. The number of hydrogen-bond donors (Lipinski definition) is 0. The van der Waals surface area contributed by atoms with Crippen LogP contribution in [-0.4, -0.2) is 28.4 Å². The average molecular weight is 389 g/mol. The van der Waals surface area contributed by atoms with Gasteiger partial charge in [-0.05, 0) is 25.2 Å². The number of ether oxygens (including phenoxy) is 1. The number of ketones is 2. The second-order valence-electron chi connectivity index (χ2n) is 7.94. The minimum absolute atomic E-state index is 0.0146. The summed E-state index contributed by atoms with van der Waals surface area (Å²) in [5.74, 6) is 0.843. The third-order valence-corrected chi connectivity index (χ3v) is 7.05. The van der Waals surface area contributed by atoms with Crippen LogP contribution in [0.1, 0.15) is 97.4 Å². The van der Waals surface area contributed by atoms with E-state index in [9.17, 15) is 9.59 Å². The molecule has 0 bridgehead atoms. The number of aryl methyl sites for hydroxylation is 1. The van der Waals surface area contributed by atoms with Gasteiger partial charge in [0, 0.05) is 11.1 Å². The molecule has 3 rings (SSSR count). The normalized spacial score (nSPS) is 23.3. The van der Waals surface area contributed by atoms with Gasteiger partial charge < -0.3 is 4.74 Å². The summed E-state index contributed by atoms with van der Waals surface area (Å²) in [6.45, 7) is 4.19. The number of unbranched alkanes of at least 4 members (excludes halogenated alkanes) is 9. The van der Waals surface area contributed by atoms with Gasteiger partial charge in [0.15, 0.2) is 11.9 Å². The molecular weight excluding hydrogens is 356 g/mol. The summed E-state index contributed by atoms with van der Waals surface area (Å²) >= 11 is 1.54. The fourth-order valence-corrected chi connectivity index (χ4v) is 5.23. The van der Waals surface area contributed by atoms with Crippen molar-refractivity contribution < 1.29 is 14.3 Å². The lowest BCUT2D eigenvalue weighted by Crippen LogP contribution is -2.34. The van der Waals surface area contributed by atoms with Crippen LogP contribution in [0.15, 0.2) is 18.2 Å². The number of Topliss-reactive ketones (excluding diaryl/α,β-unsaturated/α-hetero) is 2. The van der Waals surface area contributed by atoms with E-state index in [1.54, 1.807) is 6.07 Å². The molecule has 2 unspecified atom stereocenters. The van der Waals surface area contributed by atoms with Gasteiger partial charge in [-0.25, -0.2) is 0 Å². The summed E-state index contributed by atoms with van der Waals surface area (Å²) < 4.78 is 5.67. The van der Waals surface area contributed by atoms with Crippen molar-refractivity contribution in [2.24, 2.45) is 0 Å². The lowest BCUT2D eigenvalue weighted by atomic mass is 9.88. The Morgan fingerprint density at radius 1 is 0.926 bits per heavy atom. The monoisotopic (exact) mass is 388 g/mol. The fraction of sp³-hybridized carbons (Fsp3) is 0.652. The molecule has 27 heavy (non-hydrogen) atoms. The van der Waals surface area contributed by atoms with Crippen molar-refractivity contribution in [1.29, 1.82) is 0 Å². The second-order valence-corrected chi connectivity index (χ2v) is 9.24. The van der Waals surface area contributed by atoms with Gasteiger partial charge in [0.05, 0.1) is 0 Å². The van der Waals surface area contributed by atoms with Crippen LogP contribution in [0.5, 0.6) is 0 Å². The molecule has 0 radical (unpaired) electrons. The highest BCUT2D eigenvalue weighted by Gasteiger charge is 2.69. The summed E-state index contributed by atoms with van der Waals surface area (Å²) in [5, 5.41) is 0. The zero-order valence-electron chi connectivity index (χ0n) is 16.7. The van der Waals surface area contributed by atoms with E-state index in [1.165, 1.54) is 69.5 Å². The molecule has 1 heterocycles. The van der Waals surface area contributed by atoms with Gasteiger partial charge in [0.25, 0.3) is 0 Å². The van der Waals surface area contributed by atoms with Crippen molar-refractivity contribution in [2.75, 3.05) is 5.75 Å². The number of carbonyl (C=O) groups is 2. The summed E-state index contributed by atoms with van der Waals surface area (Å²) in [7, 11) is 0. The third-order valence-electron chi connectivity index (χ3n) is 5.64. The maximum absolute atomic E-state index is 12.9. The molecule has 148 valence electrons. The number of fused-ring (bicyclic) bond motifs is 2. The van der Waals surface area contributed by atoms with E-state index in [-0.39, 0.29) is 11.6 Å². The molecule has 1 aromatic carbocycles. The molecule has 1 aliphatic heterocycles. The molecule has 0 spiro atoms. The van der Waals surface area contributed by atoms with E-state index in [2.05, 4.69) is 6.92 Å². The highest BCUT2D eigenvalue weighted by atomic mass is 32.2. The summed E-state index contributed by atoms with van der Waals surface area (Å²) in [6, 6.07) is 5.49. The van der Waals surface area contributed by atoms with Crippen LogP contribution in [-0.2, 0) is 4.74 Å². The van der Waals surface area contributed by atoms with Crippen molar-refractivity contribution in [1.82, 2.24) is 0 Å². The maximum atomic E-state index is 12.9. The molecule has 2 aliphatic rings. The first kappa shape index (κ1) is 20.6. The fourth-order valence-electron chi connectivity index (χ4n) is 3.92. The van der Waals surface area contributed by atoms with Gasteiger partial charge >= 0.3 is 0 Å². The molecule has 1 aromatic rings. The largest absolute Gasteiger partial charge is 0.337 e. The van der Waals surface area contributed by atoms with Crippen LogP contribution in [0, 0.1) is 6.92 Å². The highest BCUT2D eigenvalue weighted by Crippen LogP contribution is 2.53. The van der Waals surface area contributed by atoms with Crippen molar-refractivity contribution in [3.05, 3.63) is 34.9 Å². The molecule has 0 aromatic heterocycles. The molecule has 0 saturated carbocycles. The predicted molar refractivity (Wildman–Crippen MR) is 112 cm³/mol. The Hall–Kier alpha value is -1.13. The number of thioether (sulfide) groups is 1. The SMILES string of the molecule is CCCCCCCCCCCCSC12OC1C(=O)c1cc(C)ccc1C2=O. The van der Waals surface area contributed by atoms with Crippen LogP contribution >= 0.6 is 11.8 Å². The van der Waals surface area contributed by atoms with Crippen LogP contribution in [0.25, 0.3) is 0 Å². The molecule has 1 aliphatic carbocycles. The number of epoxide rings is 1. The van der Waals surface area contributed by atoms with E-state index >= 15 is 0 Å². The summed E-state index contributed by atoms with van der Waals surface area (Å²) in [6.07, 6.45) is 12.4. The lowest BCUT2D eigenvalue weighted by molar-refractivity contribution is 0.0911.